The van der Waals surface area contributed by atoms with Crippen LogP contribution < -0.4 is 0 Å². The molecular weight excluding hydrogens is 428 g/mol. The number of hydrogen-bond donors (Lipinski definition) is 0. The van der Waals surface area contributed by atoms with Crippen molar-refractivity contribution in [2.45, 2.75) is 31.2 Å². The van der Waals surface area contributed by atoms with Crippen LogP contribution in [-0.4, -0.2) is 47.2 Å². The van der Waals surface area contributed by atoms with Crippen molar-refractivity contribution in [3.05, 3.63) is 70.2 Å². The minimum absolute atomic E-state index is 0.0835. The van der Waals surface area contributed by atoms with E-state index in [2.05, 4.69) is 4.99 Å². The fraction of sp³-hybridized carbons (Fsp3) is 0.333. The number of carbonyl (C=O) groups excluding carboxylic acids is 1. The summed E-state index contributed by atoms with van der Waals surface area (Å²) in [7, 11) is -3.08. The van der Waals surface area contributed by atoms with Crippen molar-refractivity contribution in [1.82, 2.24) is 4.90 Å². The van der Waals surface area contributed by atoms with Crippen LogP contribution in [0.1, 0.15) is 16.7 Å². The van der Waals surface area contributed by atoms with E-state index in [9.17, 15) is 13.2 Å². The first-order valence-electron chi connectivity index (χ1n) is 9.35. The van der Waals surface area contributed by atoms with Crippen molar-refractivity contribution in [2.75, 3.05) is 11.5 Å². The van der Waals surface area contributed by atoms with Gasteiger partial charge in [0.1, 0.15) is 0 Å². The van der Waals surface area contributed by atoms with Crippen LogP contribution >= 0.6 is 23.4 Å². The predicted molar refractivity (Wildman–Crippen MR) is 118 cm³/mol. The van der Waals surface area contributed by atoms with Crippen molar-refractivity contribution in [3.8, 4) is 0 Å². The van der Waals surface area contributed by atoms with Crippen molar-refractivity contribution in [1.29, 1.82) is 0 Å². The van der Waals surface area contributed by atoms with Crippen LogP contribution in [0.4, 0.5) is 0 Å². The van der Waals surface area contributed by atoms with Gasteiger partial charge in [-0.3, -0.25) is 4.79 Å². The lowest BCUT2D eigenvalue weighted by Gasteiger charge is -2.25. The van der Waals surface area contributed by atoms with Gasteiger partial charge in [0.15, 0.2) is 15.0 Å². The quantitative estimate of drug-likeness (QED) is 0.716. The number of fused-ring (bicyclic) bond motifs is 1. The minimum Gasteiger partial charge on any atom is -0.342 e. The van der Waals surface area contributed by atoms with Gasteiger partial charge in [-0.05, 0) is 24.1 Å². The molecule has 0 aromatic heterocycles. The highest BCUT2D eigenvalue weighted by atomic mass is 35.5. The highest BCUT2D eigenvalue weighted by Crippen LogP contribution is 2.39. The molecule has 152 valence electrons. The van der Waals surface area contributed by atoms with E-state index < -0.39 is 9.84 Å². The smallest absolute Gasteiger partial charge is 0.252 e. The lowest BCUT2D eigenvalue weighted by atomic mass is 10.1. The van der Waals surface area contributed by atoms with Gasteiger partial charge < -0.3 is 4.90 Å². The fourth-order valence-corrected chi connectivity index (χ4v) is 7.94. The van der Waals surface area contributed by atoms with Gasteiger partial charge in [0.25, 0.3) is 5.91 Å². The van der Waals surface area contributed by atoms with Crippen LogP contribution in [0.2, 0.25) is 5.02 Å². The molecule has 0 radical (unpaired) electrons. The molecule has 8 heteroatoms. The third kappa shape index (κ3) is 4.68. The molecule has 5 nitrogen and oxygen atoms in total. The molecule has 4 rings (SSSR count). The van der Waals surface area contributed by atoms with Crippen LogP contribution in [0.25, 0.3) is 0 Å². The largest absolute Gasteiger partial charge is 0.342 e. The Morgan fingerprint density at radius 1 is 1.21 bits per heavy atom. The summed E-state index contributed by atoms with van der Waals surface area (Å²) >= 11 is 7.71. The molecule has 0 bridgehead atoms. The van der Waals surface area contributed by atoms with Gasteiger partial charge >= 0.3 is 0 Å². The zero-order valence-electron chi connectivity index (χ0n) is 15.9. The average molecular weight is 449 g/mol. The first kappa shape index (κ1) is 20.4. The number of carbonyl (C=O) groups is 1. The van der Waals surface area contributed by atoms with Crippen LogP contribution in [0, 0.1) is 6.92 Å². The Morgan fingerprint density at radius 3 is 2.76 bits per heavy atom. The molecule has 2 aromatic carbocycles. The molecule has 0 unspecified atom stereocenters. The SMILES string of the molecule is Cc1cccc(CC(=O)N=C2S[C@@H]3CS(=O)(=O)C[C@H]3N2Cc2ccccc2Cl)c1. The molecule has 29 heavy (non-hydrogen) atoms. The number of rotatable bonds is 4. The molecule has 2 saturated heterocycles. The second-order valence-electron chi connectivity index (χ2n) is 7.47. The van der Waals surface area contributed by atoms with Gasteiger partial charge in [0.05, 0.1) is 24.0 Å². The minimum atomic E-state index is -3.08. The zero-order valence-corrected chi connectivity index (χ0v) is 18.3. The molecule has 0 saturated carbocycles. The fourth-order valence-electron chi connectivity index (χ4n) is 3.77. The number of amidine groups is 1. The summed E-state index contributed by atoms with van der Waals surface area (Å²) in [5.41, 5.74) is 2.90. The topological polar surface area (TPSA) is 66.8 Å². The Hall–Kier alpha value is -1.83. The molecular formula is C21H21ClN2O3S2. The summed E-state index contributed by atoms with van der Waals surface area (Å²) in [5, 5.41) is 1.10. The van der Waals surface area contributed by atoms with Crippen LogP contribution in [0.5, 0.6) is 0 Å². The molecule has 2 aromatic rings. The Balaban J connectivity index is 1.59. The number of sulfone groups is 1. The van der Waals surface area contributed by atoms with E-state index in [0.717, 1.165) is 16.7 Å². The summed E-state index contributed by atoms with van der Waals surface area (Å²) in [6.45, 7) is 2.42. The number of nitrogens with zero attached hydrogens (tertiary/aromatic N) is 2. The summed E-state index contributed by atoms with van der Waals surface area (Å²) in [4.78, 5) is 18.9. The normalized spacial score (nSPS) is 24.1. The average Bonchev–Trinajstić information content (AvgIpc) is 3.09. The number of amides is 1. The maximum Gasteiger partial charge on any atom is 0.252 e. The van der Waals surface area contributed by atoms with Gasteiger partial charge in [0, 0.05) is 16.8 Å². The predicted octanol–water partition coefficient (Wildman–Crippen LogP) is 3.49. The summed E-state index contributed by atoms with van der Waals surface area (Å²) < 4.78 is 24.3. The number of aliphatic imine (C=N–C) groups is 1. The Bertz CT molecular complexity index is 1080. The molecule has 2 heterocycles. The second-order valence-corrected chi connectivity index (χ2v) is 11.2. The van der Waals surface area contributed by atoms with Crippen molar-refractivity contribution in [2.24, 2.45) is 4.99 Å². The molecule has 2 fully saturated rings. The van der Waals surface area contributed by atoms with E-state index in [1.54, 1.807) is 0 Å². The summed E-state index contributed by atoms with van der Waals surface area (Å²) in [5.74, 6) is -0.0304. The van der Waals surface area contributed by atoms with Gasteiger partial charge in [-0.2, -0.15) is 4.99 Å². The molecule has 0 aliphatic carbocycles. The van der Waals surface area contributed by atoms with E-state index in [4.69, 9.17) is 11.6 Å². The maximum atomic E-state index is 12.6. The van der Waals surface area contributed by atoms with Gasteiger partial charge in [0.2, 0.25) is 0 Å². The molecule has 0 N–H and O–H groups in total. The lowest BCUT2D eigenvalue weighted by Crippen LogP contribution is -2.37. The standard InChI is InChI=1S/C21H21ClN2O3S2/c1-14-5-4-6-15(9-14)10-20(25)23-21-24(11-16-7-2-3-8-17(16)22)18-12-29(26,27)13-19(18)28-21/h2-9,18-19H,10-13H2,1H3/t18-,19-/m1/s1. The number of thioether (sulfide) groups is 1. The highest BCUT2D eigenvalue weighted by molar-refractivity contribution is 8.15. The number of aryl methyl sites for hydroxylation is 1. The van der Waals surface area contributed by atoms with Crippen molar-refractivity contribution >= 4 is 44.3 Å². The number of benzene rings is 2. The Kier molecular flexibility index (Phi) is 5.73. The van der Waals surface area contributed by atoms with E-state index in [-0.39, 0.29) is 35.1 Å². The summed E-state index contributed by atoms with van der Waals surface area (Å²) in [6, 6.07) is 15.1. The lowest BCUT2D eigenvalue weighted by molar-refractivity contribution is -0.117. The molecule has 2 aliphatic rings. The third-order valence-corrected chi connectivity index (χ3v) is 8.75. The first-order chi connectivity index (χ1) is 13.8. The second kappa shape index (κ2) is 8.13. The Morgan fingerprint density at radius 2 is 2.00 bits per heavy atom. The maximum absolute atomic E-state index is 12.6. The van der Waals surface area contributed by atoms with E-state index in [1.807, 2.05) is 60.4 Å². The molecule has 0 spiro atoms. The first-order valence-corrected chi connectivity index (χ1v) is 12.4. The van der Waals surface area contributed by atoms with Crippen molar-refractivity contribution < 1.29 is 13.2 Å². The Labute approximate surface area is 180 Å². The monoisotopic (exact) mass is 448 g/mol. The summed E-state index contributed by atoms with van der Waals surface area (Å²) in [6.07, 6.45) is 0.222. The van der Waals surface area contributed by atoms with Crippen LogP contribution in [-0.2, 0) is 27.6 Å². The highest BCUT2D eigenvalue weighted by Gasteiger charge is 2.48. The van der Waals surface area contributed by atoms with E-state index >= 15 is 0 Å². The molecule has 2 atom stereocenters. The zero-order chi connectivity index (χ0) is 20.6. The van der Waals surface area contributed by atoms with Crippen LogP contribution in [0.15, 0.2) is 53.5 Å². The number of halogens is 1. The van der Waals surface area contributed by atoms with E-state index in [0.29, 0.717) is 16.7 Å². The van der Waals surface area contributed by atoms with Gasteiger partial charge in [-0.15, -0.1) is 0 Å². The third-order valence-electron chi connectivity index (χ3n) is 5.13. The van der Waals surface area contributed by atoms with Crippen LogP contribution in [0.3, 0.4) is 0 Å². The van der Waals surface area contributed by atoms with E-state index in [1.165, 1.54) is 11.8 Å². The molecule has 1 amide bonds. The van der Waals surface area contributed by atoms with Gasteiger partial charge in [-0.1, -0.05) is 71.4 Å². The molecule has 2 aliphatic heterocycles. The number of hydrogen-bond acceptors (Lipinski definition) is 4. The van der Waals surface area contributed by atoms with Crippen molar-refractivity contribution in [3.63, 3.8) is 0 Å². The van der Waals surface area contributed by atoms with Gasteiger partial charge in [-0.25, -0.2) is 8.42 Å².